The summed E-state index contributed by atoms with van der Waals surface area (Å²) < 4.78 is 38.4. The minimum absolute atomic E-state index is 0. The smallest absolute Gasteiger partial charge is 0.356 e. The maximum Gasteiger partial charge on any atom is 0.416 e. The molecule has 0 amide bonds. The molecule has 0 saturated heterocycles. The number of hydrogen-bond acceptors (Lipinski definition) is 3. The van der Waals surface area contributed by atoms with Gasteiger partial charge in [-0.3, -0.25) is 4.99 Å². The van der Waals surface area contributed by atoms with Crippen LogP contribution in [0.2, 0.25) is 0 Å². The van der Waals surface area contributed by atoms with Crippen molar-refractivity contribution in [2.45, 2.75) is 12.6 Å². The summed E-state index contributed by atoms with van der Waals surface area (Å²) in [7, 11) is 1.91. The van der Waals surface area contributed by atoms with Crippen molar-refractivity contribution in [3.63, 3.8) is 0 Å². The highest BCUT2D eigenvalue weighted by Gasteiger charge is 2.32. The Balaban J connectivity index is 0.00000200. The maximum atomic E-state index is 12.8. The van der Waals surface area contributed by atoms with E-state index < -0.39 is 11.7 Å². The average molecular weight is 399 g/mol. The molecule has 0 spiro atoms. The van der Waals surface area contributed by atoms with Crippen LogP contribution in [0.3, 0.4) is 0 Å². The summed E-state index contributed by atoms with van der Waals surface area (Å²) in [5, 5.41) is 3.07. The number of benzene rings is 1. The predicted octanol–water partition coefficient (Wildman–Crippen LogP) is 2.76. The molecule has 0 saturated carbocycles. The second-order valence-electron chi connectivity index (χ2n) is 4.46. The first-order valence-electron chi connectivity index (χ1n) is 6.13. The maximum absolute atomic E-state index is 12.8. The van der Waals surface area contributed by atoms with Gasteiger partial charge in [-0.1, -0.05) is 18.2 Å². The molecule has 0 atom stereocenters. The Kier molecular flexibility index (Phi) is 6.09. The third kappa shape index (κ3) is 4.26. The van der Waals surface area contributed by atoms with E-state index in [1.165, 1.54) is 12.1 Å². The highest BCUT2D eigenvalue weighted by atomic mass is 127. The van der Waals surface area contributed by atoms with Gasteiger partial charge in [0.15, 0.2) is 5.96 Å². The summed E-state index contributed by atoms with van der Waals surface area (Å²) in [5.74, 6) is 0.754. The van der Waals surface area contributed by atoms with E-state index in [-0.39, 0.29) is 24.0 Å². The van der Waals surface area contributed by atoms with Gasteiger partial charge in [-0.25, -0.2) is 0 Å². The van der Waals surface area contributed by atoms with Crippen LogP contribution in [0.4, 0.5) is 13.2 Å². The zero-order chi connectivity index (χ0) is 13.9. The first-order chi connectivity index (χ1) is 8.98. The molecule has 1 aromatic rings. The summed E-state index contributed by atoms with van der Waals surface area (Å²) in [6.45, 7) is 2.02. The first-order valence-corrected chi connectivity index (χ1v) is 6.13. The SMILES string of the molecule is CN1CCN=C1NCCc1ccccc1C(F)(F)F.I. The minimum Gasteiger partial charge on any atom is -0.356 e. The number of alkyl halides is 3. The summed E-state index contributed by atoms with van der Waals surface area (Å²) in [6.07, 6.45) is -3.97. The van der Waals surface area contributed by atoms with Crippen LogP contribution in [-0.4, -0.2) is 37.5 Å². The van der Waals surface area contributed by atoms with Crippen molar-refractivity contribution >= 4 is 29.9 Å². The van der Waals surface area contributed by atoms with Crippen molar-refractivity contribution in [2.75, 3.05) is 26.7 Å². The highest BCUT2D eigenvalue weighted by Crippen LogP contribution is 2.31. The Hall–Kier alpha value is -0.990. The van der Waals surface area contributed by atoms with E-state index in [1.54, 1.807) is 6.07 Å². The second kappa shape index (κ2) is 7.14. The van der Waals surface area contributed by atoms with Crippen LogP contribution in [0.25, 0.3) is 0 Å². The fourth-order valence-electron chi connectivity index (χ4n) is 2.05. The van der Waals surface area contributed by atoms with Gasteiger partial charge in [-0.05, 0) is 18.1 Å². The predicted molar refractivity (Wildman–Crippen MR) is 83.5 cm³/mol. The molecule has 1 N–H and O–H groups in total. The molecule has 1 aromatic carbocycles. The number of nitrogens with one attached hydrogen (secondary N) is 1. The second-order valence-corrected chi connectivity index (χ2v) is 4.46. The Morgan fingerprint density at radius 2 is 2.00 bits per heavy atom. The summed E-state index contributed by atoms with van der Waals surface area (Å²) in [5.41, 5.74) is -0.248. The molecule has 112 valence electrons. The van der Waals surface area contributed by atoms with Crippen molar-refractivity contribution in [2.24, 2.45) is 4.99 Å². The highest BCUT2D eigenvalue weighted by molar-refractivity contribution is 14.0. The fraction of sp³-hybridized carbons (Fsp3) is 0.462. The van der Waals surface area contributed by atoms with Gasteiger partial charge in [-0.2, -0.15) is 13.2 Å². The molecule has 0 radical (unpaired) electrons. The van der Waals surface area contributed by atoms with Gasteiger partial charge in [0, 0.05) is 20.1 Å². The quantitative estimate of drug-likeness (QED) is 0.792. The largest absolute Gasteiger partial charge is 0.416 e. The third-order valence-electron chi connectivity index (χ3n) is 3.06. The number of aliphatic imine (C=N–C) groups is 1. The molecule has 1 aliphatic heterocycles. The zero-order valence-electron chi connectivity index (χ0n) is 11.1. The molecular weight excluding hydrogens is 382 g/mol. The van der Waals surface area contributed by atoms with Crippen molar-refractivity contribution in [3.05, 3.63) is 35.4 Å². The van der Waals surface area contributed by atoms with Crippen molar-refractivity contribution < 1.29 is 13.2 Å². The summed E-state index contributed by atoms with van der Waals surface area (Å²) in [6, 6.07) is 5.68. The standard InChI is InChI=1S/C13H16F3N3.HI/c1-19-9-8-18-12(19)17-7-6-10-4-2-3-5-11(10)13(14,15)16;/h2-5H,6-9H2,1H3,(H,17,18);1H. The lowest BCUT2D eigenvalue weighted by Gasteiger charge is -2.16. The van der Waals surface area contributed by atoms with Crippen LogP contribution in [0, 0.1) is 0 Å². The van der Waals surface area contributed by atoms with E-state index in [0.717, 1.165) is 25.1 Å². The number of halogens is 4. The molecular formula is C13H17F3IN3. The normalized spacial score (nSPS) is 14.8. The Bertz CT molecular complexity index is 474. The lowest BCUT2D eigenvalue weighted by atomic mass is 10.0. The Labute approximate surface area is 133 Å². The van der Waals surface area contributed by atoms with Crippen LogP contribution < -0.4 is 5.32 Å². The average Bonchev–Trinajstić information content (AvgIpc) is 2.75. The van der Waals surface area contributed by atoms with Crippen LogP contribution >= 0.6 is 24.0 Å². The van der Waals surface area contributed by atoms with Crippen LogP contribution in [0.5, 0.6) is 0 Å². The van der Waals surface area contributed by atoms with Crippen LogP contribution in [0.15, 0.2) is 29.3 Å². The molecule has 0 aliphatic carbocycles. The van der Waals surface area contributed by atoms with Gasteiger partial charge in [-0.15, -0.1) is 24.0 Å². The molecule has 2 rings (SSSR count). The number of rotatable bonds is 3. The lowest BCUT2D eigenvalue weighted by molar-refractivity contribution is -0.138. The fourth-order valence-corrected chi connectivity index (χ4v) is 2.05. The van der Waals surface area contributed by atoms with Gasteiger partial charge in [0.2, 0.25) is 0 Å². The van der Waals surface area contributed by atoms with Gasteiger partial charge in [0.25, 0.3) is 0 Å². The zero-order valence-corrected chi connectivity index (χ0v) is 13.4. The monoisotopic (exact) mass is 399 g/mol. The topological polar surface area (TPSA) is 27.6 Å². The first kappa shape index (κ1) is 17.1. The molecule has 0 aromatic heterocycles. The Morgan fingerprint density at radius 1 is 1.30 bits per heavy atom. The Morgan fingerprint density at radius 3 is 2.60 bits per heavy atom. The molecule has 0 bridgehead atoms. The van der Waals surface area contributed by atoms with Gasteiger partial charge >= 0.3 is 6.18 Å². The minimum atomic E-state index is -4.29. The van der Waals surface area contributed by atoms with Crippen molar-refractivity contribution in [1.82, 2.24) is 10.2 Å². The lowest BCUT2D eigenvalue weighted by Crippen LogP contribution is -2.36. The number of hydrogen-bond donors (Lipinski definition) is 1. The number of likely N-dealkylation sites (N-methyl/N-ethyl adjacent to an activating group) is 1. The van der Waals surface area contributed by atoms with Crippen LogP contribution in [-0.2, 0) is 12.6 Å². The van der Waals surface area contributed by atoms with E-state index >= 15 is 0 Å². The molecule has 7 heteroatoms. The van der Waals surface area contributed by atoms with E-state index in [2.05, 4.69) is 10.3 Å². The van der Waals surface area contributed by atoms with Crippen LogP contribution in [0.1, 0.15) is 11.1 Å². The third-order valence-corrected chi connectivity index (χ3v) is 3.06. The van der Waals surface area contributed by atoms with E-state index in [0.29, 0.717) is 18.5 Å². The van der Waals surface area contributed by atoms with Crippen molar-refractivity contribution in [1.29, 1.82) is 0 Å². The van der Waals surface area contributed by atoms with Gasteiger partial charge in [0.1, 0.15) is 0 Å². The number of nitrogens with zero attached hydrogens (tertiary/aromatic N) is 2. The number of guanidine groups is 1. The summed E-state index contributed by atoms with van der Waals surface area (Å²) in [4.78, 5) is 6.18. The van der Waals surface area contributed by atoms with Gasteiger partial charge in [0.05, 0.1) is 12.1 Å². The van der Waals surface area contributed by atoms with E-state index in [1.807, 2.05) is 11.9 Å². The van der Waals surface area contributed by atoms with E-state index in [4.69, 9.17) is 0 Å². The molecule has 0 fully saturated rings. The van der Waals surface area contributed by atoms with E-state index in [9.17, 15) is 13.2 Å². The summed E-state index contributed by atoms with van der Waals surface area (Å²) >= 11 is 0. The molecule has 0 unspecified atom stereocenters. The molecule has 1 heterocycles. The van der Waals surface area contributed by atoms with Gasteiger partial charge < -0.3 is 10.2 Å². The molecule has 20 heavy (non-hydrogen) atoms. The molecule has 1 aliphatic rings. The molecule has 3 nitrogen and oxygen atoms in total. The van der Waals surface area contributed by atoms with Crippen molar-refractivity contribution in [3.8, 4) is 0 Å².